The fourth-order valence-corrected chi connectivity index (χ4v) is 3.81. The van der Waals surface area contributed by atoms with E-state index in [1.54, 1.807) is 0 Å². The van der Waals surface area contributed by atoms with E-state index in [0.29, 0.717) is 32.1 Å². The van der Waals surface area contributed by atoms with Crippen LogP contribution in [-0.4, -0.2) is 47.8 Å². The lowest BCUT2D eigenvalue weighted by Gasteiger charge is -2.36. The molecule has 1 aliphatic carbocycles. The van der Waals surface area contributed by atoms with Crippen LogP contribution in [-0.2, 0) is 9.59 Å². The number of hydrogen-bond donors (Lipinski definition) is 0. The van der Waals surface area contributed by atoms with E-state index in [1.807, 2.05) is 28.0 Å². The molecule has 0 aromatic heterocycles. The van der Waals surface area contributed by atoms with Crippen LogP contribution in [0.4, 0.5) is 0 Å². The van der Waals surface area contributed by atoms with Crippen LogP contribution in [0.1, 0.15) is 44.6 Å². The Labute approximate surface area is 144 Å². The average Bonchev–Trinajstić information content (AvgIpc) is 3.44. The first-order chi connectivity index (χ1) is 11.7. The van der Waals surface area contributed by atoms with Crippen LogP contribution in [0.25, 0.3) is 0 Å². The van der Waals surface area contributed by atoms with Gasteiger partial charge < -0.3 is 9.80 Å². The molecule has 4 heteroatoms. The molecule has 2 amide bonds. The van der Waals surface area contributed by atoms with Crippen molar-refractivity contribution in [1.82, 2.24) is 9.80 Å². The van der Waals surface area contributed by atoms with Gasteiger partial charge in [-0.3, -0.25) is 9.59 Å². The highest BCUT2D eigenvalue weighted by atomic mass is 16.2. The zero-order valence-corrected chi connectivity index (χ0v) is 14.8. The highest BCUT2D eigenvalue weighted by Gasteiger charge is 2.46. The van der Waals surface area contributed by atoms with Gasteiger partial charge in [-0.2, -0.15) is 0 Å². The summed E-state index contributed by atoms with van der Waals surface area (Å²) in [5.74, 6) is 1.22. The molecule has 2 fully saturated rings. The molecule has 1 aromatic carbocycles. The van der Waals surface area contributed by atoms with Gasteiger partial charge in [-0.25, -0.2) is 0 Å². The van der Waals surface area contributed by atoms with E-state index >= 15 is 0 Å². The first kappa shape index (κ1) is 17.0. The summed E-state index contributed by atoms with van der Waals surface area (Å²) in [4.78, 5) is 29.0. The molecule has 1 saturated carbocycles. The third-order valence-corrected chi connectivity index (χ3v) is 5.57. The molecule has 2 atom stereocenters. The number of benzene rings is 1. The van der Waals surface area contributed by atoms with Gasteiger partial charge in [-0.15, -0.1) is 0 Å². The second-order valence-corrected chi connectivity index (χ2v) is 7.02. The molecule has 2 unspecified atom stereocenters. The fraction of sp³-hybridized carbons (Fsp3) is 0.600. The molecule has 130 valence electrons. The summed E-state index contributed by atoms with van der Waals surface area (Å²) in [7, 11) is 0. The molecule has 1 saturated heterocycles. The zero-order valence-electron chi connectivity index (χ0n) is 14.8. The number of nitrogens with zero attached hydrogens (tertiary/aromatic N) is 2. The highest BCUT2D eigenvalue weighted by Crippen LogP contribution is 2.48. The standard InChI is InChI=1S/C20H28N2O2/c1-3-15(4-2)19(23)21-10-12-22(13-11-21)20(24)18-14-17(18)16-8-6-5-7-9-16/h5-9,15,17-18H,3-4,10-14H2,1-2H3. The minimum atomic E-state index is 0.137. The third-order valence-electron chi connectivity index (χ3n) is 5.57. The van der Waals surface area contributed by atoms with Gasteiger partial charge in [0.2, 0.25) is 11.8 Å². The van der Waals surface area contributed by atoms with Gasteiger partial charge in [0, 0.05) is 38.0 Å². The van der Waals surface area contributed by atoms with Crippen LogP contribution < -0.4 is 0 Å². The first-order valence-electron chi connectivity index (χ1n) is 9.28. The van der Waals surface area contributed by atoms with Crippen molar-refractivity contribution < 1.29 is 9.59 Å². The predicted octanol–water partition coefficient (Wildman–Crippen LogP) is 2.90. The van der Waals surface area contributed by atoms with E-state index in [-0.39, 0.29) is 23.7 Å². The molecule has 1 aromatic rings. The molecule has 2 aliphatic rings. The molecule has 0 spiro atoms. The molecule has 3 rings (SSSR count). The van der Waals surface area contributed by atoms with Crippen molar-refractivity contribution in [3.63, 3.8) is 0 Å². The van der Waals surface area contributed by atoms with Crippen molar-refractivity contribution in [2.45, 2.75) is 39.0 Å². The van der Waals surface area contributed by atoms with Gasteiger partial charge in [0.15, 0.2) is 0 Å². The molecule has 0 N–H and O–H groups in total. The molecule has 24 heavy (non-hydrogen) atoms. The average molecular weight is 328 g/mol. The predicted molar refractivity (Wildman–Crippen MR) is 94.5 cm³/mol. The molecule has 0 radical (unpaired) electrons. The number of amides is 2. The summed E-state index contributed by atoms with van der Waals surface area (Å²) < 4.78 is 0. The van der Waals surface area contributed by atoms with Gasteiger partial charge in [-0.05, 0) is 30.7 Å². The lowest BCUT2D eigenvalue weighted by atomic mass is 10.0. The van der Waals surface area contributed by atoms with E-state index < -0.39 is 0 Å². The lowest BCUT2D eigenvalue weighted by Crippen LogP contribution is -2.52. The number of piperazine rings is 1. The van der Waals surface area contributed by atoms with E-state index in [9.17, 15) is 9.59 Å². The molecule has 1 aliphatic heterocycles. The van der Waals surface area contributed by atoms with Gasteiger partial charge in [-0.1, -0.05) is 44.2 Å². The summed E-state index contributed by atoms with van der Waals surface area (Å²) in [6.45, 7) is 6.88. The Morgan fingerprint density at radius 2 is 1.58 bits per heavy atom. The largest absolute Gasteiger partial charge is 0.339 e. The molecule has 0 bridgehead atoms. The number of rotatable bonds is 5. The molecule has 1 heterocycles. The second-order valence-electron chi connectivity index (χ2n) is 7.02. The maximum Gasteiger partial charge on any atom is 0.226 e. The van der Waals surface area contributed by atoms with Gasteiger partial charge in [0.1, 0.15) is 0 Å². The van der Waals surface area contributed by atoms with Crippen molar-refractivity contribution in [2.24, 2.45) is 11.8 Å². The fourth-order valence-electron chi connectivity index (χ4n) is 3.81. The lowest BCUT2D eigenvalue weighted by molar-refractivity contribution is -0.142. The monoisotopic (exact) mass is 328 g/mol. The van der Waals surface area contributed by atoms with Crippen molar-refractivity contribution in [2.75, 3.05) is 26.2 Å². The first-order valence-corrected chi connectivity index (χ1v) is 9.28. The van der Waals surface area contributed by atoms with Crippen LogP contribution in [0, 0.1) is 11.8 Å². The number of hydrogen-bond acceptors (Lipinski definition) is 2. The summed E-state index contributed by atoms with van der Waals surface area (Å²) >= 11 is 0. The third kappa shape index (κ3) is 3.47. The molecular formula is C20H28N2O2. The van der Waals surface area contributed by atoms with Gasteiger partial charge >= 0.3 is 0 Å². The quantitative estimate of drug-likeness (QED) is 0.834. The van der Waals surface area contributed by atoms with Crippen molar-refractivity contribution in [3.05, 3.63) is 35.9 Å². The summed E-state index contributed by atoms with van der Waals surface area (Å²) in [6, 6.07) is 10.3. The smallest absolute Gasteiger partial charge is 0.226 e. The van der Waals surface area contributed by atoms with E-state index in [1.165, 1.54) is 5.56 Å². The number of carbonyl (C=O) groups is 2. The molecular weight excluding hydrogens is 300 g/mol. The zero-order chi connectivity index (χ0) is 17.1. The normalized spacial score (nSPS) is 23.5. The minimum Gasteiger partial charge on any atom is -0.339 e. The summed E-state index contributed by atoms with van der Waals surface area (Å²) in [5.41, 5.74) is 1.28. The maximum absolute atomic E-state index is 12.7. The Hall–Kier alpha value is -1.84. The Kier molecular flexibility index (Phi) is 5.22. The van der Waals surface area contributed by atoms with Gasteiger partial charge in [0.25, 0.3) is 0 Å². The summed E-state index contributed by atoms with van der Waals surface area (Å²) in [5, 5.41) is 0. The van der Waals surface area contributed by atoms with Crippen LogP contribution in [0.5, 0.6) is 0 Å². The van der Waals surface area contributed by atoms with Crippen LogP contribution in [0.3, 0.4) is 0 Å². The van der Waals surface area contributed by atoms with Crippen LogP contribution >= 0.6 is 0 Å². The Bertz CT molecular complexity index is 575. The minimum absolute atomic E-state index is 0.137. The van der Waals surface area contributed by atoms with Crippen LogP contribution in [0.2, 0.25) is 0 Å². The Morgan fingerprint density at radius 1 is 1.00 bits per heavy atom. The van der Waals surface area contributed by atoms with Gasteiger partial charge in [0.05, 0.1) is 0 Å². The van der Waals surface area contributed by atoms with E-state index in [2.05, 4.69) is 26.0 Å². The SMILES string of the molecule is CCC(CC)C(=O)N1CCN(C(=O)C2CC2c2ccccc2)CC1. The Balaban J connectivity index is 1.51. The van der Waals surface area contributed by atoms with Crippen molar-refractivity contribution >= 4 is 11.8 Å². The Morgan fingerprint density at radius 3 is 2.17 bits per heavy atom. The van der Waals surface area contributed by atoms with Crippen molar-refractivity contribution in [3.8, 4) is 0 Å². The van der Waals surface area contributed by atoms with E-state index in [0.717, 1.165) is 19.3 Å². The van der Waals surface area contributed by atoms with E-state index in [4.69, 9.17) is 0 Å². The highest BCUT2D eigenvalue weighted by molar-refractivity contribution is 5.84. The summed E-state index contributed by atoms with van der Waals surface area (Å²) in [6.07, 6.45) is 2.76. The topological polar surface area (TPSA) is 40.6 Å². The van der Waals surface area contributed by atoms with Crippen molar-refractivity contribution in [1.29, 1.82) is 0 Å². The van der Waals surface area contributed by atoms with Crippen LogP contribution in [0.15, 0.2) is 30.3 Å². The second kappa shape index (κ2) is 7.37. The number of carbonyl (C=O) groups excluding carboxylic acids is 2. The maximum atomic E-state index is 12.7. The molecule has 4 nitrogen and oxygen atoms in total.